The zero-order valence-electron chi connectivity index (χ0n) is 18.6. The summed E-state index contributed by atoms with van der Waals surface area (Å²) in [4.78, 5) is 46.6. The number of rotatable bonds is 5. The number of anilines is 3. The summed E-state index contributed by atoms with van der Waals surface area (Å²) in [6.07, 6.45) is -0.999. The zero-order chi connectivity index (χ0) is 24.0. The number of hydrogen-bond donors (Lipinski definition) is 0. The molecule has 0 aliphatic carbocycles. The number of non-ortho nitro benzene ring substituents is 1. The van der Waals surface area contributed by atoms with Crippen LogP contribution >= 0.6 is 0 Å². The van der Waals surface area contributed by atoms with E-state index in [0.29, 0.717) is 0 Å². The molecule has 34 heavy (non-hydrogen) atoms. The average molecular weight is 458 g/mol. The lowest BCUT2D eigenvalue weighted by molar-refractivity contribution is -0.384. The summed E-state index contributed by atoms with van der Waals surface area (Å²) in [7, 11) is 3.89. The van der Waals surface area contributed by atoms with Crippen LogP contribution in [0.3, 0.4) is 0 Å². The van der Waals surface area contributed by atoms with Crippen molar-refractivity contribution < 1.29 is 19.3 Å². The summed E-state index contributed by atoms with van der Waals surface area (Å²) in [6, 6.07) is 22.0. The molecule has 9 heteroatoms. The van der Waals surface area contributed by atoms with Crippen LogP contribution in [0.4, 0.5) is 22.7 Å². The van der Waals surface area contributed by atoms with Crippen molar-refractivity contribution in [2.75, 3.05) is 29.0 Å². The third-order valence-corrected chi connectivity index (χ3v) is 6.20. The molecule has 2 heterocycles. The second kappa shape index (κ2) is 8.27. The van der Waals surface area contributed by atoms with Crippen molar-refractivity contribution in [1.29, 1.82) is 0 Å². The van der Waals surface area contributed by atoms with Crippen molar-refractivity contribution in [3.05, 3.63) is 94.5 Å². The molecule has 0 unspecified atom stereocenters. The van der Waals surface area contributed by atoms with Crippen molar-refractivity contribution in [3.63, 3.8) is 0 Å². The van der Waals surface area contributed by atoms with E-state index >= 15 is 0 Å². The Morgan fingerprint density at radius 3 is 2.09 bits per heavy atom. The summed E-state index contributed by atoms with van der Waals surface area (Å²) in [5.74, 6) is -1.66. The lowest BCUT2D eigenvalue weighted by atomic mass is 9.90. The molecule has 0 spiro atoms. The second-order valence-electron chi connectivity index (χ2n) is 8.43. The first kappa shape index (κ1) is 21.6. The molecule has 0 aromatic heterocycles. The minimum Gasteiger partial charge on any atom is -0.378 e. The van der Waals surface area contributed by atoms with Crippen LogP contribution in [0.1, 0.15) is 11.6 Å². The molecule has 2 fully saturated rings. The maximum Gasteiger partial charge on any atom is 0.269 e. The minimum atomic E-state index is -0.999. The smallest absolute Gasteiger partial charge is 0.269 e. The van der Waals surface area contributed by atoms with Gasteiger partial charge < -0.3 is 4.90 Å². The number of amides is 2. The molecule has 2 amide bonds. The van der Waals surface area contributed by atoms with Gasteiger partial charge in [-0.3, -0.25) is 24.5 Å². The van der Waals surface area contributed by atoms with E-state index in [1.54, 1.807) is 5.06 Å². The van der Waals surface area contributed by atoms with Crippen molar-refractivity contribution in [1.82, 2.24) is 0 Å². The van der Waals surface area contributed by atoms with Crippen LogP contribution < -0.4 is 14.9 Å². The standard InChI is InChI=1S/C25H22N4O5/c1-26(2)17-10-8-16(9-11-17)22-21-23(34-28(22)19-6-4-3-5-7-19)25(31)27(24(21)30)18-12-14-20(15-13-18)29(32)33/h3-15,21-23H,1-2H3/t21-,22+,23-/m1/s1. The van der Waals surface area contributed by atoms with Gasteiger partial charge in [0.2, 0.25) is 5.91 Å². The van der Waals surface area contributed by atoms with Gasteiger partial charge in [0, 0.05) is 31.9 Å². The normalized spacial score (nSPS) is 21.6. The molecule has 3 aromatic rings. The Labute approximate surface area is 195 Å². The maximum absolute atomic E-state index is 13.6. The second-order valence-corrected chi connectivity index (χ2v) is 8.43. The van der Waals surface area contributed by atoms with Gasteiger partial charge in [0.1, 0.15) is 5.92 Å². The van der Waals surface area contributed by atoms with E-state index in [4.69, 9.17) is 4.84 Å². The molecule has 3 atom stereocenters. The number of nitro groups is 1. The molecule has 0 bridgehead atoms. The number of hydrogen-bond acceptors (Lipinski definition) is 7. The fourth-order valence-corrected chi connectivity index (χ4v) is 4.50. The molecule has 0 radical (unpaired) electrons. The molecule has 2 aliphatic heterocycles. The molecule has 2 saturated heterocycles. The van der Waals surface area contributed by atoms with Gasteiger partial charge in [0.25, 0.3) is 11.6 Å². The van der Waals surface area contributed by atoms with Crippen LogP contribution in [0, 0.1) is 16.0 Å². The van der Waals surface area contributed by atoms with E-state index in [0.717, 1.165) is 21.8 Å². The summed E-state index contributed by atoms with van der Waals surface area (Å²) >= 11 is 0. The Hall–Kier alpha value is -4.24. The highest BCUT2D eigenvalue weighted by Gasteiger charge is 2.60. The molecule has 0 N–H and O–H groups in total. The molecule has 5 rings (SSSR count). The van der Waals surface area contributed by atoms with Crippen LogP contribution in [0.25, 0.3) is 0 Å². The Kier molecular flexibility index (Phi) is 5.25. The number of carbonyl (C=O) groups is 2. The number of carbonyl (C=O) groups excluding carboxylic acids is 2. The van der Waals surface area contributed by atoms with E-state index in [1.807, 2.05) is 73.6 Å². The largest absolute Gasteiger partial charge is 0.378 e. The fraction of sp³-hybridized carbons (Fsp3) is 0.200. The van der Waals surface area contributed by atoms with Gasteiger partial charge in [-0.2, -0.15) is 0 Å². The van der Waals surface area contributed by atoms with Crippen LogP contribution in [0.2, 0.25) is 0 Å². The van der Waals surface area contributed by atoms with Crippen molar-refractivity contribution in [2.24, 2.45) is 5.92 Å². The molecule has 0 saturated carbocycles. The number of nitrogens with zero attached hydrogens (tertiary/aromatic N) is 4. The van der Waals surface area contributed by atoms with Gasteiger partial charge in [-0.05, 0) is 42.0 Å². The summed E-state index contributed by atoms with van der Waals surface area (Å²) in [5, 5.41) is 12.6. The monoisotopic (exact) mass is 458 g/mol. The van der Waals surface area contributed by atoms with E-state index in [1.165, 1.54) is 24.3 Å². The number of nitro benzene ring substituents is 1. The van der Waals surface area contributed by atoms with E-state index in [-0.39, 0.29) is 11.4 Å². The Bertz CT molecular complexity index is 1240. The van der Waals surface area contributed by atoms with Crippen LogP contribution in [-0.4, -0.2) is 36.9 Å². The van der Waals surface area contributed by atoms with Crippen LogP contribution in [-0.2, 0) is 14.4 Å². The molecule has 3 aromatic carbocycles. The summed E-state index contributed by atoms with van der Waals surface area (Å²) < 4.78 is 0. The molecule has 2 aliphatic rings. The number of para-hydroxylation sites is 1. The first-order valence-electron chi connectivity index (χ1n) is 10.8. The Morgan fingerprint density at radius 2 is 1.50 bits per heavy atom. The average Bonchev–Trinajstić information content (AvgIpc) is 3.35. The predicted molar refractivity (Wildman–Crippen MR) is 126 cm³/mol. The van der Waals surface area contributed by atoms with Crippen molar-refractivity contribution in [3.8, 4) is 0 Å². The SMILES string of the molecule is CN(C)c1ccc([C@H]2[C@H]3C(=O)N(c4ccc([N+](=O)[O-])cc4)C(=O)[C@@H]3ON2c2ccccc2)cc1. The van der Waals surface area contributed by atoms with Crippen molar-refractivity contribution >= 4 is 34.6 Å². The van der Waals surface area contributed by atoms with Gasteiger partial charge in [-0.25, -0.2) is 9.96 Å². The fourth-order valence-electron chi connectivity index (χ4n) is 4.50. The molecular formula is C25H22N4O5. The van der Waals surface area contributed by atoms with Crippen LogP contribution in [0.5, 0.6) is 0 Å². The highest BCUT2D eigenvalue weighted by Crippen LogP contribution is 2.47. The number of imide groups is 1. The topological polar surface area (TPSA) is 96.2 Å². The van der Waals surface area contributed by atoms with E-state index < -0.39 is 34.8 Å². The highest BCUT2D eigenvalue weighted by molar-refractivity contribution is 6.24. The quantitative estimate of drug-likeness (QED) is 0.327. The van der Waals surface area contributed by atoms with Gasteiger partial charge in [0.05, 0.1) is 22.3 Å². The predicted octanol–water partition coefficient (Wildman–Crippen LogP) is 3.71. The Balaban J connectivity index is 1.54. The molecule has 172 valence electrons. The first-order chi connectivity index (χ1) is 16.4. The molecule has 9 nitrogen and oxygen atoms in total. The van der Waals surface area contributed by atoms with Gasteiger partial charge >= 0.3 is 0 Å². The number of fused-ring (bicyclic) bond motifs is 1. The lowest BCUT2D eigenvalue weighted by Crippen LogP contribution is -2.37. The number of hydroxylamine groups is 1. The summed E-state index contributed by atoms with van der Waals surface area (Å²) in [6.45, 7) is 0. The van der Waals surface area contributed by atoms with E-state index in [9.17, 15) is 19.7 Å². The third kappa shape index (κ3) is 3.46. The summed E-state index contributed by atoms with van der Waals surface area (Å²) in [5.41, 5.74) is 2.75. The van der Waals surface area contributed by atoms with Gasteiger partial charge in [0.15, 0.2) is 6.10 Å². The van der Waals surface area contributed by atoms with Crippen molar-refractivity contribution in [2.45, 2.75) is 12.1 Å². The maximum atomic E-state index is 13.6. The third-order valence-electron chi connectivity index (χ3n) is 6.20. The van der Waals surface area contributed by atoms with E-state index in [2.05, 4.69) is 0 Å². The number of benzene rings is 3. The Morgan fingerprint density at radius 1 is 0.853 bits per heavy atom. The zero-order valence-corrected chi connectivity index (χ0v) is 18.6. The molecular weight excluding hydrogens is 436 g/mol. The highest BCUT2D eigenvalue weighted by atomic mass is 16.7. The first-order valence-corrected chi connectivity index (χ1v) is 10.8. The van der Waals surface area contributed by atoms with Gasteiger partial charge in [-0.15, -0.1) is 0 Å². The lowest BCUT2D eigenvalue weighted by Gasteiger charge is -2.29. The minimum absolute atomic E-state index is 0.117. The van der Waals surface area contributed by atoms with Crippen LogP contribution in [0.15, 0.2) is 78.9 Å². The van der Waals surface area contributed by atoms with Gasteiger partial charge in [-0.1, -0.05) is 30.3 Å².